The zero-order valence-corrected chi connectivity index (χ0v) is 20.7. The smallest absolute Gasteiger partial charge is 0.224 e. The summed E-state index contributed by atoms with van der Waals surface area (Å²) in [5.74, 6) is 2.50. The van der Waals surface area contributed by atoms with Gasteiger partial charge in [-0.1, -0.05) is 19.1 Å². The molecule has 1 heterocycles. The highest BCUT2D eigenvalue weighted by molar-refractivity contribution is 6.18. The molecule has 0 saturated carbocycles. The van der Waals surface area contributed by atoms with Crippen molar-refractivity contribution in [1.29, 1.82) is 0 Å². The number of ether oxygens (including phenoxy) is 3. The molecule has 1 aliphatic heterocycles. The van der Waals surface area contributed by atoms with Crippen LogP contribution < -0.4 is 24.4 Å². The Morgan fingerprint density at radius 2 is 1.82 bits per heavy atom. The number of halogens is 1. The first-order valence-electron chi connectivity index (χ1n) is 11.3. The first kappa shape index (κ1) is 25.0. The molecule has 8 heteroatoms. The minimum Gasteiger partial charge on any atom is -0.495 e. The molecule has 33 heavy (non-hydrogen) atoms. The summed E-state index contributed by atoms with van der Waals surface area (Å²) in [7, 11) is 4.95. The van der Waals surface area contributed by atoms with Gasteiger partial charge in [0, 0.05) is 43.2 Å². The second-order valence-corrected chi connectivity index (χ2v) is 8.24. The van der Waals surface area contributed by atoms with Crippen LogP contribution in [0.15, 0.2) is 36.4 Å². The number of rotatable bonds is 10. The number of methoxy groups -OCH3 is 3. The Bertz CT molecular complexity index is 940. The van der Waals surface area contributed by atoms with Crippen molar-refractivity contribution >= 4 is 28.9 Å². The van der Waals surface area contributed by atoms with Gasteiger partial charge in [0.05, 0.1) is 33.1 Å². The van der Waals surface area contributed by atoms with Gasteiger partial charge in [0.2, 0.25) is 5.91 Å². The number of carbonyl (C=O) groups is 1. The molecule has 1 N–H and O–H groups in total. The van der Waals surface area contributed by atoms with Gasteiger partial charge in [-0.3, -0.25) is 9.69 Å². The third kappa shape index (κ3) is 5.65. The SMILES string of the molecule is CCN1CCN(c2ccccc2OC)CC1c1c(NC(=O)CCCCl)ccc(OC)c1OC. The number of hydrogen-bond donors (Lipinski definition) is 1. The van der Waals surface area contributed by atoms with E-state index in [2.05, 4.69) is 28.1 Å². The molecule has 1 fully saturated rings. The molecule has 0 spiro atoms. The summed E-state index contributed by atoms with van der Waals surface area (Å²) in [6.45, 7) is 5.46. The molecular formula is C25H34ClN3O4. The highest BCUT2D eigenvalue weighted by Gasteiger charge is 2.33. The van der Waals surface area contributed by atoms with Gasteiger partial charge in [0.1, 0.15) is 5.75 Å². The maximum atomic E-state index is 12.6. The molecule has 180 valence electrons. The van der Waals surface area contributed by atoms with E-state index in [1.807, 2.05) is 30.3 Å². The van der Waals surface area contributed by atoms with Crippen molar-refractivity contribution in [2.45, 2.75) is 25.8 Å². The molecule has 1 saturated heterocycles. The number of benzene rings is 2. The number of carbonyl (C=O) groups excluding carboxylic acids is 1. The van der Waals surface area contributed by atoms with Crippen LogP contribution in [0.2, 0.25) is 0 Å². The van der Waals surface area contributed by atoms with E-state index in [0.717, 1.165) is 42.3 Å². The third-order valence-electron chi connectivity index (χ3n) is 6.05. The molecule has 1 atom stereocenters. The molecule has 7 nitrogen and oxygen atoms in total. The largest absolute Gasteiger partial charge is 0.495 e. The fourth-order valence-electron chi connectivity index (χ4n) is 4.41. The molecule has 3 rings (SSSR count). The highest BCUT2D eigenvalue weighted by atomic mass is 35.5. The Hall–Kier alpha value is -2.64. The lowest BCUT2D eigenvalue weighted by Gasteiger charge is -2.43. The van der Waals surface area contributed by atoms with Gasteiger partial charge in [-0.25, -0.2) is 0 Å². The van der Waals surface area contributed by atoms with E-state index in [0.29, 0.717) is 36.8 Å². The van der Waals surface area contributed by atoms with Crippen LogP contribution in [0.25, 0.3) is 0 Å². The molecule has 2 aromatic carbocycles. The topological polar surface area (TPSA) is 63.3 Å². The fourth-order valence-corrected chi connectivity index (χ4v) is 4.55. The monoisotopic (exact) mass is 475 g/mol. The Morgan fingerprint density at radius 3 is 2.48 bits per heavy atom. The van der Waals surface area contributed by atoms with Crippen molar-refractivity contribution in [2.24, 2.45) is 0 Å². The van der Waals surface area contributed by atoms with Gasteiger partial charge in [-0.15, -0.1) is 11.6 Å². The third-order valence-corrected chi connectivity index (χ3v) is 6.32. The van der Waals surface area contributed by atoms with E-state index in [9.17, 15) is 4.79 Å². The van der Waals surface area contributed by atoms with Gasteiger partial charge < -0.3 is 24.4 Å². The first-order chi connectivity index (χ1) is 16.1. The maximum absolute atomic E-state index is 12.6. The lowest BCUT2D eigenvalue weighted by Crippen LogP contribution is -2.48. The summed E-state index contributed by atoms with van der Waals surface area (Å²) in [4.78, 5) is 17.3. The average molecular weight is 476 g/mol. The van der Waals surface area contributed by atoms with Crippen molar-refractivity contribution in [3.8, 4) is 17.2 Å². The molecule has 1 amide bonds. The lowest BCUT2D eigenvalue weighted by molar-refractivity contribution is -0.116. The van der Waals surface area contributed by atoms with E-state index in [-0.39, 0.29) is 11.9 Å². The number of amides is 1. The lowest BCUT2D eigenvalue weighted by atomic mass is 9.97. The van der Waals surface area contributed by atoms with Gasteiger partial charge >= 0.3 is 0 Å². The standard InChI is InChI=1S/C25H34ClN3O4/c1-5-28-15-16-29(19-9-6-7-10-21(19)31-2)17-20(28)24-18(27-23(30)11-8-14-26)12-13-22(32-3)25(24)33-4/h6-7,9-10,12-13,20H,5,8,11,14-17H2,1-4H3,(H,27,30). The van der Waals surface area contributed by atoms with Gasteiger partial charge in [0.25, 0.3) is 0 Å². The van der Waals surface area contributed by atoms with Crippen molar-refractivity contribution in [3.05, 3.63) is 42.0 Å². The van der Waals surface area contributed by atoms with Crippen LogP contribution in [-0.2, 0) is 4.79 Å². The van der Waals surface area contributed by atoms with Gasteiger partial charge in [0.15, 0.2) is 11.5 Å². The summed E-state index contributed by atoms with van der Waals surface area (Å²) < 4.78 is 17.1. The number of para-hydroxylation sites is 2. The molecule has 2 aromatic rings. The summed E-state index contributed by atoms with van der Waals surface area (Å²) in [6.07, 6.45) is 0.995. The molecule has 0 bridgehead atoms. The van der Waals surface area contributed by atoms with Crippen LogP contribution in [0.3, 0.4) is 0 Å². The quantitative estimate of drug-likeness (QED) is 0.508. The Labute approximate surface area is 201 Å². The predicted octanol–water partition coefficient (Wildman–Crippen LogP) is 4.55. The van der Waals surface area contributed by atoms with E-state index >= 15 is 0 Å². The van der Waals surface area contributed by atoms with Crippen LogP contribution in [-0.4, -0.2) is 64.2 Å². The second kappa shape index (κ2) is 12.0. The predicted molar refractivity (Wildman–Crippen MR) is 133 cm³/mol. The van der Waals surface area contributed by atoms with Crippen molar-refractivity contribution < 1.29 is 19.0 Å². The minimum absolute atomic E-state index is 0.0259. The Balaban J connectivity index is 2.04. The van der Waals surface area contributed by atoms with Crippen LogP contribution in [0.4, 0.5) is 11.4 Å². The highest BCUT2D eigenvalue weighted by Crippen LogP contribution is 2.44. The molecule has 1 unspecified atom stereocenters. The van der Waals surface area contributed by atoms with Crippen LogP contribution >= 0.6 is 11.6 Å². The van der Waals surface area contributed by atoms with E-state index in [4.69, 9.17) is 25.8 Å². The zero-order valence-electron chi connectivity index (χ0n) is 19.9. The minimum atomic E-state index is -0.0652. The van der Waals surface area contributed by atoms with E-state index in [1.165, 1.54) is 0 Å². The fraction of sp³-hybridized carbons (Fsp3) is 0.480. The van der Waals surface area contributed by atoms with Crippen molar-refractivity contribution in [1.82, 2.24) is 4.90 Å². The number of nitrogens with zero attached hydrogens (tertiary/aromatic N) is 2. The number of piperazine rings is 1. The Kier molecular flexibility index (Phi) is 9.09. The number of nitrogens with one attached hydrogen (secondary N) is 1. The molecule has 0 aliphatic carbocycles. The number of likely N-dealkylation sites (N-methyl/N-ethyl adjacent to an activating group) is 1. The van der Waals surface area contributed by atoms with E-state index in [1.54, 1.807) is 21.3 Å². The van der Waals surface area contributed by atoms with E-state index < -0.39 is 0 Å². The normalized spacial score (nSPS) is 16.4. The van der Waals surface area contributed by atoms with Crippen molar-refractivity contribution in [2.75, 3.05) is 63.6 Å². The molecule has 0 aromatic heterocycles. The van der Waals surface area contributed by atoms with Gasteiger partial charge in [-0.05, 0) is 37.2 Å². The van der Waals surface area contributed by atoms with Crippen LogP contribution in [0.5, 0.6) is 17.2 Å². The van der Waals surface area contributed by atoms with Crippen LogP contribution in [0.1, 0.15) is 31.4 Å². The zero-order chi connectivity index (χ0) is 23.8. The summed E-state index contributed by atoms with van der Waals surface area (Å²) >= 11 is 5.79. The van der Waals surface area contributed by atoms with Crippen molar-refractivity contribution in [3.63, 3.8) is 0 Å². The summed E-state index contributed by atoms with van der Waals surface area (Å²) in [6, 6.07) is 11.7. The second-order valence-electron chi connectivity index (χ2n) is 7.87. The molecule has 0 radical (unpaired) electrons. The molecule has 1 aliphatic rings. The maximum Gasteiger partial charge on any atom is 0.224 e. The first-order valence-corrected chi connectivity index (χ1v) is 11.8. The average Bonchev–Trinajstić information content (AvgIpc) is 2.86. The van der Waals surface area contributed by atoms with Crippen LogP contribution in [0, 0.1) is 0 Å². The summed E-state index contributed by atoms with van der Waals surface area (Å²) in [5, 5.41) is 3.09. The van der Waals surface area contributed by atoms with Gasteiger partial charge in [-0.2, -0.15) is 0 Å². The number of anilines is 2. The Morgan fingerprint density at radius 1 is 1.06 bits per heavy atom. The molecular weight excluding hydrogens is 442 g/mol. The number of hydrogen-bond acceptors (Lipinski definition) is 6. The summed E-state index contributed by atoms with van der Waals surface area (Å²) in [5.41, 5.74) is 2.70. The number of alkyl halides is 1.